The Morgan fingerprint density at radius 2 is 2.13 bits per heavy atom. The minimum atomic E-state index is -1.30. The van der Waals surface area contributed by atoms with E-state index < -0.39 is 17.3 Å². The maximum absolute atomic E-state index is 12.2. The minimum Gasteiger partial charge on any atom is -0.477 e. The van der Waals surface area contributed by atoms with Crippen LogP contribution in [0.4, 0.5) is 11.6 Å². The van der Waals surface area contributed by atoms with Gasteiger partial charge >= 0.3 is 5.97 Å². The monoisotopic (exact) mass is 407 g/mol. The molecule has 0 saturated heterocycles. The van der Waals surface area contributed by atoms with Crippen LogP contribution in [0.5, 0.6) is 5.88 Å². The van der Waals surface area contributed by atoms with Gasteiger partial charge in [-0.3, -0.25) is 9.36 Å². The smallest absolute Gasteiger partial charge is 0.341 e. The van der Waals surface area contributed by atoms with Crippen molar-refractivity contribution >= 4 is 28.6 Å². The maximum Gasteiger partial charge on any atom is 0.341 e. The zero-order valence-electron chi connectivity index (χ0n) is 16.1. The van der Waals surface area contributed by atoms with Crippen molar-refractivity contribution in [2.24, 2.45) is 17.3 Å². The van der Waals surface area contributed by atoms with E-state index in [1.165, 1.54) is 23.9 Å². The standard InChI is InChI=1S/C19H17N7O4/c1-3-19(6-7-22-25-19)30-14-5-4-12(10-20-14)23-18-21-9-11-8-13(17(28)29)16(27)26(2)15(11)24-18/h4-10H,3H2,1-2H3,(H,28,29)(H,21,23,24). The number of carboxylic acids is 1. The Bertz CT molecular complexity index is 1240. The van der Waals surface area contributed by atoms with E-state index >= 15 is 0 Å². The Hall–Kier alpha value is -4.15. The Labute approximate surface area is 169 Å². The van der Waals surface area contributed by atoms with Crippen LogP contribution in [-0.2, 0) is 7.05 Å². The number of azo groups is 1. The maximum atomic E-state index is 12.2. The van der Waals surface area contributed by atoms with Gasteiger partial charge in [-0.25, -0.2) is 14.8 Å². The molecule has 0 aliphatic carbocycles. The third kappa shape index (κ3) is 3.48. The van der Waals surface area contributed by atoms with E-state index in [1.807, 2.05) is 6.92 Å². The number of carbonyl (C=O) groups is 1. The average molecular weight is 407 g/mol. The summed E-state index contributed by atoms with van der Waals surface area (Å²) in [5, 5.41) is 20.5. The number of nitrogens with zero attached hydrogens (tertiary/aromatic N) is 6. The number of aryl methyl sites for hydroxylation is 1. The quantitative estimate of drug-likeness (QED) is 0.634. The van der Waals surface area contributed by atoms with Gasteiger partial charge in [0.15, 0.2) is 0 Å². The summed E-state index contributed by atoms with van der Waals surface area (Å²) < 4.78 is 7.01. The fourth-order valence-corrected chi connectivity index (χ4v) is 2.91. The summed E-state index contributed by atoms with van der Waals surface area (Å²) in [6.07, 6.45) is 6.97. The van der Waals surface area contributed by atoms with Gasteiger partial charge in [-0.2, -0.15) is 10.1 Å². The minimum absolute atomic E-state index is 0.230. The summed E-state index contributed by atoms with van der Waals surface area (Å²) in [4.78, 5) is 36.1. The van der Waals surface area contributed by atoms with Gasteiger partial charge in [0.05, 0.1) is 18.1 Å². The van der Waals surface area contributed by atoms with E-state index in [0.717, 1.165) is 0 Å². The van der Waals surface area contributed by atoms with Gasteiger partial charge < -0.3 is 15.2 Å². The molecule has 3 aromatic heterocycles. The van der Waals surface area contributed by atoms with Crippen molar-refractivity contribution in [3.8, 4) is 5.88 Å². The van der Waals surface area contributed by atoms with Crippen molar-refractivity contribution in [2.45, 2.75) is 19.1 Å². The summed E-state index contributed by atoms with van der Waals surface area (Å²) in [5.41, 5.74) is -0.911. The summed E-state index contributed by atoms with van der Waals surface area (Å²) >= 11 is 0. The first-order valence-corrected chi connectivity index (χ1v) is 9.03. The van der Waals surface area contributed by atoms with E-state index in [0.29, 0.717) is 29.0 Å². The second-order valence-electron chi connectivity index (χ2n) is 6.54. The average Bonchev–Trinajstić information content (AvgIpc) is 3.21. The lowest BCUT2D eigenvalue weighted by Gasteiger charge is -2.21. The van der Waals surface area contributed by atoms with Crippen molar-refractivity contribution in [3.05, 3.63) is 58.8 Å². The lowest BCUT2D eigenvalue weighted by atomic mass is 10.2. The van der Waals surface area contributed by atoms with Crippen molar-refractivity contribution in [1.82, 2.24) is 19.5 Å². The molecule has 0 bridgehead atoms. The summed E-state index contributed by atoms with van der Waals surface area (Å²) in [6.45, 7) is 1.94. The molecule has 11 nitrogen and oxygen atoms in total. The topological polar surface area (TPSA) is 144 Å². The SMILES string of the molecule is CCC1(Oc2ccc(Nc3ncc4cc(C(=O)O)c(=O)n(C)c4n3)cn2)C=CN=N1. The predicted molar refractivity (Wildman–Crippen MR) is 107 cm³/mol. The highest BCUT2D eigenvalue weighted by Crippen LogP contribution is 2.27. The van der Waals surface area contributed by atoms with Gasteiger partial charge in [-0.05, 0) is 12.1 Å². The molecule has 3 aromatic rings. The lowest BCUT2D eigenvalue weighted by molar-refractivity contribution is 0.0694. The number of ether oxygens (including phenoxy) is 1. The summed E-state index contributed by atoms with van der Waals surface area (Å²) in [6, 6.07) is 4.68. The molecule has 4 rings (SSSR count). The Morgan fingerprint density at radius 3 is 2.77 bits per heavy atom. The van der Waals surface area contributed by atoms with Gasteiger partial charge in [0, 0.05) is 37.2 Å². The van der Waals surface area contributed by atoms with Crippen molar-refractivity contribution in [2.75, 3.05) is 5.32 Å². The Balaban J connectivity index is 1.57. The van der Waals surface area contributed by atoms with E-state index in [-0.39, 0.29) is 11.5 Å². The number of pyridine rings is 2. The fourth-order valence-electron chi connectivity index (χ4n) is 2.91. The Kier molecular flexibility index (Phi) is 4.70. The number of anilines is 2. The van der Waals surface area contributed by atoms with Gasteiger partial charge in [0.1, 0.15) is 11.2 Å². The molecular weight excluding hydrogens is 390 g/mol. The van der Waals surface area contributed by atoms with Crippen molar-refractivity contribution in [3.63, 3.8) is 0 Å². The van der Waals surface area contributed by atoms with Crippen LogP contribution in [0.2, 0.25) is 0 Å². The number of aromatic nitrogens is 4. The highest BCUT2D eigenvalue weighted by molar-refractivity contribution is 5.91. The molecule has 0 aromatic carbocycles. The molecule has 0 fully saturated rings. The molecule has 4 heterocycles. The molecule has 0 radical (unpaired) electrons. The molecule has 152 valence electrons. The van der Waals surface area contributed by atoms with Crippen molar-refractivity contribution in [1.29, 1.82) is 0 Å². The van der Waals surface area contributed by atoms with Crippen LogP contribution in [-0.4, -0.2) is 36.3 Å². The molecule has 2 N–H and O–H groups in total. The number of hydrogen-bond donors (Lipinski definition) is 2. The van der Waals surface area contributed by atoms with Crippen LogP contribution in [0, 0.1) is 0 Å². The number of carboxylic acid groups (broad SMARTS) is 1. The van der Waals surface area contributed by atoms with Crippen LogP contribution in [0.3, 0.4) is 0 Å². The molecule has 11 heteroatoms. The number of rotatable bonds is 6. The van der Waals surface area contributed by atoms with Crippen LogP contribution < -0.4 is 15.6 Å². The Morgan fingerprint density at radius 1 is 1.30 bits per heavy atom. The highest BCUT2D eigenvalue weighted by Gasteiger charge is 2.30. The third-order valence-electron chi connectivity index (χ3n) is 4.59. The van der Waals surface area contributed by atoms with Crippen molar-refractivity contribution < 1.29 is 14.6 Å². The van der Waals surface area contributed by atoms with Gasteiger partial charge in [0.2, 0.25) is 17.6 Å². The van der Waals surface area contributed by atoms with Gasteiger partial charge in [0.25, 0.3) is 5.56 Å². The summed E-state index contributed by atoms with van der Waals surface area (Å²) in [5.74, 6) is -0.683. The summed E-state index contributed by atoms with van der Waals surface area (Å²) in [7, 11) is 1.46. The van der Waals surface area contributed by atoms with Gasteiger partial charge in [-0.15, -0.1) is 5.11 Å². The third-order valence-corrected chi connectivity index (χ3v) is 4.59. The van der Waals surface area contributed by atoms with Gasteiger partial charge in [-0.1, -0.05) is 6.92 Å². The highest BCUT2D eigenvalue weighted by atomic mass is 16.5. The first-order chi connectivity index (χ1) is 14.4. The number of aromatic carboxylic acids is 1. The second-order valence-corrected chi connectivity index (χ2v) is 6.54. The molecule has 0 amide bonds. The predicted octanol–water partition coefficient (Wildman–Crippen LogP) is 2.63. The largest absolute Gasteiger partial charge is 0.477 e. The van der Waals surface area contributed by atoms with E-state index in [9.17, 15) is 9.59 Å². The molecular formula is C19H17N7O4. The van der Waals surface area contributed by atoms with E-state index in [1.54, 1.807) is 30.6 Å². The molecule has 1 aliphatic rings. The number of fused-ring (bicyclic) bond motifs is 1. The van der Waals surface area contributed by atoms with Crippen LogP contribution in [0.1, 0.15) is 23.7 Å². The number of nitrogens with one attached hydrogen (secondary N) is 1. The molecule has 1 atom stereocenters. The molecule has 0 spiro atoms. The first kappa shape index (κ1) is 19.2. The van der Waals surface area contributed by atoms with Crippen LogP contribution >= 0.6 is 0 Å². The zero-order valence-corrected chi connectivity index (χ0v) is 16.1. The molecule has 1 unspecified atom stereocenters. The molecule has 0 saturated carbocycles. The molecule has 1 aliphatic heterocycles. The zero-order chi connectivity index (χ0) is 21.3. The van der Waals surface area contributed by atoms with Crippen LogP contribution in [0.15, 0.2) is 57.9 Å². The second kappa shape index (κ2) is 7.35. The fraction of sp³-hybridized carbons (Fsp3) is 0.211. The van der Waals surface area contributed by atoms with E-state index in [2.05, 4.69) is 30.5 Å². The lowest BCUT2D eigenvalue weighted by Crippen LogP contribution is -2.29. The molecule has 30 heavy (non-hydrogen) atoms. The number of hydrogen-bond acceptors (Lipinski definition) is 9. The first-order valence-electron chi connectivity index (χ1n) is 9.03. The normalized spacial score (nSPS) is 17.4. The van der Waals surface area contributed by atoms with E-state index in [4.69, 9.17) is 9.84 Å². The van der Waals surface area contributed by atoms with Crippen LogP contribution in [0.25, 0.3) is 11.0 Å².